The molecule has 1 heteroatoms. The average Bonchev–Trinajstić information content (AvgIpc) is 2.92. The molecule has 3 unspecified atom stereocenters. The molecule has 3 atom stereocenters. The second kappa shape index (κ2) is 4.33. The molecule has 3 aliphatic rings. The summed E-state index contributed by atoms with van der Waals surface area (Å²) in [6.45, 7) is 5.16. The molecule has 1 aliphatic heterocycles. The molecule has 92 valence electrons. The SMILES string of the molecule is CC1CCCC12CCNCC2C1CCCC1. The lowest BCUT2D eigenvalue weighted by atomic mass is 9.60. The van der Waals surface area contributed by atoms with E-state index in [9.17, 15) is 0 Å². The maximum atomic E-state index is 3.68. The van der Waals surface area contributed by atoms with E-state index in [0.29, 0.717) is 0 Å². The molecule has 0 radical (unpaired) electrons. The summed E-state index contributed by atoms with van der Waals surface area (Å²) >= 11 is 0. The number of hydrogen-bond acceptors (Lipinski definition) is 1. The van der Waals surface area contributed by atoms with Gasteiger partial charge in [-0.3, -0.25) is 0 Å². The molecule has 1 saturated heterocycles. The number of rotatable bonds is 1. The van der Waals surface area contributed by atoms with Gasteiger partial charge in [0.05, 0.1) is 0 Å². The van der Waals surface area contributed by atoms with Crippen molar-refractivity contribution in [2.24, 2.45) is 23.2 Å². The summed E-state index contributed by atoms with van der Waals surface area (Å²) in [5.74, 6) is 3.08. The Bertz CT molecular complexity index is 244. The summed E-state index contributed by atoms with van der Waals surface area (Å²) in [5, 5.41) is 3.68. The first-order valence-corrected chi connectivity index (χ1v) is 7.54. The minimum Gasteiger partial charge on any atom is -0.316 e. The molecular formula is C15H27N. The van der Waals surface area contributed by atoms with E-state index in [0.717, 1.165) is 23.2 Å². The summed E-state index contributed by atoms with van der Waals surface area (Å²) in [6, 6.07) is 0. The van der Waals surface area contributed by atoms with Crippen LogP contribution in [0.2, 0.25) is 0 Å². The van der Waals surface area contributed by atoms with Crippen molar-refractivity contribution in [1.82, 2.24) is 5.32 Å². The van der Waals surface area contributed by atoms with Gasteiger partial charge in [-0.2, -0.15) is 0 Å². The van der Waals surface area contributed by atoms with Crippen LogP contribution in [0.5, 0.6) is 0 Å². The Kier molecular flexibility index (Phi) is 2.99. The van der Waals surface area contributed by atoms with Crippen LogP contribution in [0.4, 0.5) is 0 Å². The van der Waals surface area contributed by atoms with Crippen LogP contribution in [0.25, 0.3) is 0 Å². The first-order chi connectivity index (χ1) is 7.83. The number of piperidine rings is 1. The lowest BCUT2D eigenvalue weighted by Gasteiger charge is -2.48. The quantitative estimate of drug-likeness (QED) is 0.713. The molecule has 0 aromatic heterocycles. The fourth-order valence-corrected chi connectivity index (χ4v) is 5.16. The zero-order valence-electron chi connectivity index (χ0n) is 10.8. The third-order valence-corrected chi connectivity index (χ3v) is 6.10. The largest absolute Gasteiger partial charge is 0.316 e. The van der Waals surface area contributed by atoms with Crippen molar-refractivity contribution < 1.29 is 0 Å². The zero-order valence-corrected chi connectivity index (χ0v) is 10.8. The highest BCUT2D eigenvalue weighted by Crippen LogP contribution is 2.56. The van der Waals surface area contributed by atoms with Gasteiger partial charge in [-0.15, -0.1) is 0 Å². The summed E-state index contributed by atoms with van der Waals surface area (Å²) in [7, 11) is 0. The maximum Gasteiger partial charge on any atom is -0.00124 e. The molecule has 1 N–H and O–H groups in total. The third kappa shape index (κ3) is 1.63. The van der Waals surface area contributed by atoms with E-state index in [4.69, 9.17) is 0 Å². The van der Waals surface area contributed by atoms with Crippen molar-refractivity contribution in [3.05, 3.63) is 0 Å². The standard InChI is InChI=1S/C15H27N/c1-12-5-4-8-15(12)9-10-16-11-14(15)13-6-2-3-7-13/h12-14,16H,2-11H2,1H3. The van der Waals surface area contributed by atoms with Crippen LogP contribution in [0.1, 0.15) is 58.3 Å². The Morgan fingerprint density at radius 2 is 1.81 bits per heavy atom. The lowest BCUT2D eigenvalue weighted by Crippen LogP contribution is -2.49. The van der Waals surface area contributed by atoms with Crippen molar-refractivity contribution in [3.8, 4) is 0 Å². The predicted octanol–water partition coefficient (Wildman–Crippen LogP) is 3.59. The minimum atomic E-state index is 0.750. The van der Waals surface area contributed by atoms with Crippen LogP contribution in [0.15, 0.2) is 0 Å². The zero-order chi connectivity index (χ0) is 11.0. The number of hydrogen-bond donors (Lipinski definition) is 1. The number of nitrogens with one attached hydrogen (secondary N) is 1. The molecule has 3 fully saturated rings. The van der Waals surface area contributed by atoms with Crippen molar-refractivity contribution in [3.63, 3.8) is 0 Å². The second-order valence-corrected chi connectivity index (χ2v) is 6.63. The Morgan fingerprint density at radius 3 is 2.50 bits per heavy atom. The van der Waals surface area contributed by atoms with E-state index in [1.54, 1.807) is 0 Å². The van der Waals surface area contributed by atoms with Crippen LogP contribution in [0.3, 0.4) is 0 Å². The molecule has 2 saturated carbocycles. The van der Waals surface area contributed by atoms with Crippen molar-refractivity contribution in [2.45, 2.75) is 58.3 Å². The fraction of sp³-hybridized carbons (Fsp3) is 1.00. The van der Waals surface area contributed by atoms with Crippen LogP contribution in [-0.4, -0.2) is 13.1 Å². The Labute approximate surface area is 100 Å². The lowest BCUT2D eigenvalue weighted by molar-refractivity contribution is 0.0288. The van der Waals surface area contributed by atoms with E-state index < -0.39 is 0 Å². The van der Waals surface area contributed by atoms with E-state index in [1.807, 2.05) is 0 Å². The van der Waals surface area contributed by atoms with Crippen molar-refractivity contribution in [2.75, 3.05) is 13.1 Å². The molecule has 1 nitrogen and oxygen atoms in total. The van der Waals surface area contributed by atoms with Crippen molar-refractivity contribution in [1.29, 1.82) is 0 Å². The van der Waals surface area contributed by atoms with Crippen LogP contribution < -0.4 is 5.32 Å². The van der Waals surface area contributed by atoms with E-state index in [1.165, 1.54) is 64.5 Å². The van der Waals surface area contributed by atoms with Gasteiger partial charge >= 0.3 is 0 Å². The molecule has 3 rings (SSSR count). The summed E-state index contributed by atoms with van der Waals surface area (Å²) in [4.78, 5) is 0. The topological polar surface area (TPSA) is 12.0 Å². The van der Waals surface area contributed by atoms with E-state index in [2.05, 4.69) is 12.2 Å². The molecule has 0 aromatic rings. The predicted molar refractivity (Wildman–Crippen MR) is 68.4 cm³/mol. The van der Waals surface area contributed by atoms with Gasteiger partial charge in [-0.05, 0) is 49.1 Å². The molecule has 0 amide bonds. The van der Waals surface area contributed by atoms with Crippen LogP contribution in [-0.2, 0) is 0 Å². The van der Waals surface area contributed by atoms with Gasteiger partial charge in [-0.1, -0.05) is 45.4 Å². The third-order valence-electron chi connectivity index (χ3n) is 6.10. The summed E-state index contributed by atoms with van der Waals surface area (Å²) in [5.41, 5.74) is 0.750. The first kappa shape index (κ1) is 11.1. The van der Waals surface area contributed by atoms with E-state index >= 15 is 0 Å². The van der Waals surface area contributed by atoms with Gasteiger partial charge in [0.1, 0.15) is 0 Å². The second-order valence-electron chi connectivity index (χ2n) is 6.63. The van der Waals surface area contributed by atoms with Crippen molar-refractivity contribution >= 4 is 0 Å². The fourth-order valence-electron chi connectivity index (χ4n) is 5.16. The molecule has 0 aromatic carbocycles. The molecule has 1 spiro atoms. The smallest absolute Gasteiger partial charge is 0.00124 e. The normalized spacial score (nSPS) is 45.6. The summed E-state index contributed by atoms with van der Waals surface area (Å²) < 4.78 is 0. The Balaban J connectivity index is 1.82. The molecular weight excluding hydrogens is 194 g/mol. The van der Waals surface area contributed by atoms with Gasteiger partial charge in [0.2, 0.25) is 0 Å². The van der Waals surface area contributed by atoms with Crippen LogP contribution in [0, 0.1) is 23.2 Å². The first-order valence-electron chi connectivity index (χ1n) is 7.54. The average molecular weight is 221 g/mol. The van der Waals surface area contributed by atoms with Gasteiger partial charge in [-0.25, -0.2) is 0 Å². The maximum absolute atomic E-state index is 3.68. The highest BCUT2D eigenvalue weighted by Gasteiger charge is 2.49. The highest BCUT2D eigenvalue weighted by atomic mass is 14.9. The van der Waals surface area contributed by atoms with Crippen LogP contribution >= 0.6 is 0 Å². The molecule has 2 aliphatic carbocycles. The molecule has 16 heavy (non-hydrogen) atoms. The molecule has 0 bridgehead atoms. The van der Waals surface area contributed by atoms with Gasteiger partial charge in [0.25, 0.3) is 0 Å². The monoisotopic (exact) mass is 221 g/mol. The van der Waals surface area contributed by atoms with Gasteiger partial charge < -0.3 is 5.32 Å². The Hall–Kier alpha value is -0.0400. The van der Waals surface area contributed by atoms with Gasteiger partial charge in [0, 0.05) is 0 Å². The summed E-state index contributed by atoms with van der Waals surface area (Å²) in [6.07, 6.45) is 12.1. The minimum absolute atomic E-state index is 0.750. The Morgan fingerprint density at radius 1 is 1.00 bits per heavy atom. The van der Waals surface area contributed by atoms with E-state index in [-0.39, 0.29) is 0 Å². The highest BCUT2D eigenvalue weighted by molar-refractivity contribution is 5.01. The van der Waals surface area contributed by atoms with Gasteiger partial charge in [0.15, 0.2) is 0 Å². The molecule has 1 heterocycles.